The van der Waals surface area contributed by atoms with E-state index in [0.717, 1.165) is 30.5 Å². The summed E-state index contributed by atoms with van der Waals surface area (Å²) in [6, 6.07) is 6.15. The molecule has 2 nitrogen and oxygen atoms in total. The van der Waals surface area contributed by atoms with Crippen LogP contribution in [0.15, 0.2) is 18.2 Å². The summed E-state index contributed by atoms with van der Waals surface area (Å²) in [5, 5.41) is 0.815. The second-order valence-corrected chi connectivity index (χ2v) is 5.23. The summed E-state index contributed by atoms with van der Waals surface area (Å²) >= 11 is 6.11. The van der Waals surface area contributed by atoms with Crippen molar-refractivity contribution in [1.29, 1.82) is 0 Å². The van der Waals surface area contributed by atoms with E-state index in [1.54, 1.807) is 0 Å². The van der Waals surface area contributed by atoms with Crippen molar-refractivity contribution in [2.75, 3.05) is 24.5 Å². The van der Waals surface area contributed by atoms with Crippen molar-refractivity contribution in [1.82, 2.24) is 0 Å². The molecule has 1 aromatic carbocycles. The van der Waals surface area contributed by atoms with Crippen LogP contribution in [0.25, 0.3) is 0 Å². The van der Waals surface area contributed by atoms with Gasteiger partial charge in [0.1, 0.15) is 0 Å². The zero-order chi connectivity index (χ0) is 12.3. The number of anilines is 1. The molecule has 94 valence electrons. The van der Waals surface area contributed by atoms with Crippen molar-refractivity contribution >= 4 is 17.3 Å². The first-order valence-corrected chi connectivity index (χ1v) is 6.85. The van der Waals surface area contributed by atoms with E-state index in [4.69, 9.17) is 17.3 Å². The van der Waals surface area contributed by atoms with Gasteiger partial charge in [0.05, 0.1) is 0 Å². The molecule has 2 N–H and O–H groups in total. The van der Waals surface area contributed by atoms with E-state index in [1.807, 2.05) is 6.07 Å². The summed E-state index contributed by atoms with van der Waals surface area (Å²) in [6.07, 6.45) is 3.68. The van der Waals surface area contributed by atoms with Gasteiger partial charge in [-0.25, -0.2) is 0 Å². The highest BCUT2D eigenvalue weighted by Crippen LogP contribution is 2.33. The average Bonchev–Trinajstić information content (AvgIpc) is 3.13. The Labute approximate surface area is 109 Å². The predicted octanol–water partition coefficient (Wildman–Crippen LogP) is 3.08. The Bertz CT molecular complexity index is 374. The quantitative estimate of drug-likeness (QED) is 0.843. The maximum absolute atomic E-state index is 6.11. The minimum Gasteiger partial charge on any atom is -0.371 e. The molecule has 1 aromatic rings. The van der Waals surface area contributed by atoms with Crippen molar-refractivity contribution in [2.45, 2.75) is 26.2 Å². The van der Waals surface area contributed by atoms with Crippen LogP contribution in [0.5, 0.6) is 0 Å². The van der Waals surface area contributed by atoms with E-state index in [-0.39, 0.29) is 0 Å². The fourth-order valence-electron chi connectivity index (χ4n) is 2.21. The summed E-state index contributed by atoms with van der Waals surface area (Å²) in [6.45, 7) is 5.09. The van der Waals surface area contributed by atoms with Gasteiger partial charge in [-0.3, -0.25) is 0 Å². The fraction of sp³-hybridized carbons (Fsp3) is 0.571. The van der Waals surface area contributed by atoms with Crippen LogP contribution < -0.4 is 10.6 Å². The molecule has 1 aliphatic carbocycles. The van der Waals surface area contributed by atoms with Gasteiger partial charge in [0.2, 0.25) is 0 Å². The van der Waals surface area contributed by atoms with Crippen LogP contribution >= 0.6 is 11.6 Å². The minimum atomic E-state index is 0.690. The molecule has 2 rings (SSSR count). The second-order valence-electron chi connectivity index (χ2n) is 4.79. The fourth-order valence-corrected chi connectivity index (χ4v) is 2.37. The molecule has 1 saturated carbocycles. The number of hydrogen-bond acceptors (Lipinski definition) is 2. The maximum Gasteiger partial charge on any atom is 0.0426 e. The molecular weight excluding hydrogens is 232 g/mol. The Balaban J connectivity index is 2.21. The zero-order valence-electron chi connectivity index (χ0n) is 10.5. The van der Waals surface area contributed by atoms with E-state index in [1.165, 1.54) is 24.1 Å². The smallest absolute Gasteiger partial charge is 0.0426 e. The van der Waals surface area contributed by atoms with E-state index in [2.05, 4.69) is 24.0 Å². The SMILES string of the molecule is CCN(CC1CC1)c1cc(Cl)ccc1CCN. The van der Waals surface area contributed by atoms with Crippen LogP contribution in [0, 0.1) is 5.92 Å². The number of halogens is 1. The molecule has 1 aliphatic rings. The van der Waals surface area contributed by atoms with Crippen LogP contribution in [-0.4, -0.2) is 19.6 Å². The molecular formula is C14H21ClN2. The van der Waals surface area contributed by atoms with Gasteiger partial charge in [0.25, 0.3) is 0 Å². The lowest BCUT2D eigenvalue weighted by Crippen LogP contribution is -2.26. The van der Waals surface area contributed by atoms with Gasteiger partial charge in [0.15, 0.2) is 0 Å². The summed E-state index contributed by atoms with van der Waals surface area (Å²) in [7, 11) is 0. The van der Waals surface area contributed by atoms with Gasteiger partial charge in [-0.15, -0.1) is 0 Å². The Morgan fingerprint density at radius 3 is 2.76 bits per heavy atom. The van der Waals surface area contributed by atoms with Gasteiger partial charge in [0, 0.05) is 23.8 Å². The Hall–Kier alpha value is -0.730. The van der Waals surface area contributed by atoms with Crippen molar-refractivity contribution in [2.24, 2.45) is 11.7 Å². The first kappa shape index (κ1) is 12.7. The van der Waals surface area contributed by atoms with Crippen LogP contribution in [-0.2, 0) is 6.42 Å². The van der Waals surface area contributed by atoms with Gasteiger partial charge in [-0.1, -0.05) is 17.7 Å². The molecule has 1 fully saturated rings. The normalized spacial score (nSPS) is 15.0. The third-order valence-corrected chi connectivity index (χ3v) is 3.59. The van der Waals surface area contributed by atoms with Gasteiger partial charge >= 0.3 is 0 Å². The lowest BCUT2D eigenvalue weighted by molar-refractivity contribution is 0.737. The van der Waals surface area contributed by atoms with Crippen molar-refractivity contribution in [3.8, 4) is 0 Å². The Kier molecular flexibility index (Phi) is 4.30. The third-order valence-electron chi connectivity index (χ3n) is 3.36. The summed E-state index contributed by atoms with van der Waals surface area (Å²) in [5.74, 6) is 0.889. The number of rotatable bonds is 6. The lowest BCUT2D eigenvalue weighted by atomic mass is 10.1. The molecule has 3 heteroatoms. The van der Waals surface area contributed by atoms with Crippen molar-refractivity contribution in [3.05, 3.63) is 28.8 Å². The van der Waals surface area contributed by atoms with Gasteiger partial charge in [-0.2, -0.15) is 0 Å². The maximum atomic E-state index is 6.11. The van der Waals surface area contributed by atoms with Crippen molar-refractivity contribution < 1.29 is 0 Å². The van der Waals surface area contributed by atoms with E-state index >= 15 is 0 Å². The largest absolute Gasteiger partial charge is 0.371 e. The van der Waals surface area contributed by atoms with Crippen LogP contribution in [0.1, 0.15) is 25.3 Å². The highest BCUT2D eigenvalue weighted by atomic mass is 35.5. The van der Waals surface area contributed by atoms with Gasteiger partial charge < -0.3 is 10.6 Å². The Morgan fingerprint density at radius 2 is 2.18 bits per heavy atom. The highest BCUT2D eigenvalue weighted by Gasteiger charge is 2.24. The molecule has 0 radical (unpaired) electrons. The lowest BCUT2D eigenvalue weighted by Gasteiger charge is -2.26. The summed E-state index contributed by atoms with van der Waals surface area (Å²) in [5.41, 5.74) is 8.27. The molecule has 0 saturated heterocycles. The Morgan fingerprint density at radius 1 is 1.41 bits per heavy atom. The second kappa shape index (κ2) is 5.74. The van der Waals surface area contributed by atoms with E-state index in [0.29, 0.717) is 6.54 Å². The molecule has 0 amide bonds. The molecule has 0 heterocycles. The zero-order valence-corrected chi connectivity index (χ0v) is 11.2. The predicted molar refractivity (Wildman–Crippen MR) is 74.8 cm³/mol. The number of nitrogens with two attached hydrogens (primary N) is 1. The standard InChI is InChI=1S/C14H21ClN2/c1-2-17(10-11-3-4-11)14-9-13(15)6-5-12(14)7-8-16/h5-6,9,11H,2-4,7-8,10,16H2,1H3. The van der Waals surface area contributed by atoms with E-state index in [9.17, 15) is 0 Å². The topological polar surface area (TPSA) is 29.3 Å². The van der Waals surface area contributed by atoms with Crippen LogP contribution in [0.2, 0.25) is 5.02 Å². The highest BCUT2D eigenvalue weighted by molar-refractivity contribution is 6.30. The molecule has 17 heavy (non-hydrogen) atoms. The molecule has 0 aromatic heterocycles. The number of benzene rings is 1. The molecule has 0 aliphatic heterocycles. The van der Waals surface area contributed by atoms with Crippen LogP contribution in [0.4, 0.5) is 5.69 Å². The van der Waals surface area contributed by atoms with Gasteiger partial charge in [-0.05, 0) is 56.3 Å². The summed E-state index contributed by atoms with van der Waals surface area (Å²) < 4.78 is 0. The number of nitrogens with zero attached hydrogens (tertiary/aromatic N) is 1. The average molecular weight is 253 g/mol. The molecule has 0 spiro atoms. The third kappa shape index (κ3) is 3.36. The summed E-state index contributed by atoms with van der Waals surface area (Å²) in [4.78, 5) is 2.44. The molecule has 0 bridgehead atoms. The first-order chi connectivity index (χ1) is 8.24. The minimum absolute atomic E-state index is 0.690. The van der Waals surface area contributed by atoms with E-state index < -0.39 is 0 Å². The first-order valence-electron chi connectivity index (χ1n) is 6.48. The number of hydrogen-bond donors (Lipinski definition) is 1. The molecule has 0 atom stereocenters. The monoisotopic (exact) mass is 252 g/mol. The molecule has 0 unspecified atom stereocenters. The van der Waals surface area contributed by atoms with Crippen LogP contribution in [0.3, 0.4) is 0 Å². The van der Waals surface area contributed by atoms with Crippen molar-refractivity contribution in [3.63, 3.8) is 0 Å².